The summed E-state index contributed by atoms with van der Waals surface area (Å²) in [5.41, 5.74) is 1.32. The van der Waals surface area contributed by atoms with E-state index >= 15 is 0 Å². The van der Waals surface area contributed by atoms with Crippen LogP contribution in [0.25, 0.3) is 0 Å². The Morgan fingerprint density at radius 3 is 1.67 bits per heavy atom. The molecule has 216 valence electrons. The van der Waals surface area contributed by atoms with Crippen molar-refractivity contribution in [2.24, 2.45) is 34.5 Å². The van der Waals surface area contributed by atoms with Crippen LogP contribution in [0.2, 0.25) is 46.7 Å². The van der Waals surface area contributed by atoms with Crippen LogP contribution in [0.5, 0.6) is 0 Å². The fourth-order valence-electron chi connectivity index (χ4n) is 29.6. The fourth-order valence-corrected chi connectivity index (χ4v) is 118. The Kier molecular flexibility index (Phi) is 1.70. The second kappa shape index (κ2) is 3.15. The second-order valence-corrected chi connectivity index (χ2v) is 46.1. The van der Waals surface area contributed by atoms with Crippen molar-refractivity contribution in [1.82, 2.24) is 10.6 Å². The molecule has 0 radical (unpaired) electrons. The number of hydrogen-bond acceptors (Lipinski definition) is 2. The molecule has 16 fully saturated rings. The molecule has 9 atom stereocenters. The molecule has 0 amide bonds. The summed E-state index contributed by atoms with van der Waals surface area (Å²) in [6, 6.07) is 1.57. The van der Waals surface area contributed by atoms with Gasteiger partial charge in [-0.15, -0.1) is 0 Å². The Labute approximate surface area is 230 Å². The zero-order chi connectivity index (χ0) is 25.7. The number of hydrogen-bond donors (Lipinski definition) is 2. The summed E-state index contributed by atoms with van der Waals surface area (Å²) in [6.45, 7) is 7.00. The molecule has 4 saturated carbocycles. The molecule has 16 rings (SSSR count). The molecule has 2 nitrogen and oxygen atoms in total. The molecule has 0 aromatic rings. The van der Waals surface area contributed by atoms with Crippen LogP contribution in [-0.2, 0) is 6.51 Å². The van der Waals surface area contributed by atoms with Crippen molar-refractivity contribution in [2.75, 3.05) is 19.3 Å². The second-order valence-electron chi connectivity index (χ2n) is 21.9. The van der Waals surface area contributed by atoms with Gasteiger partial charge in [-0.05, 0) is 0 Å². The van der Waals surface area contributed by atoms with E-state index in [0.29, 0.717) is 10.6 Å². The summed E-state index contributed by atoms with van der Waals surface area (Å²) in [4.78, 5) is 9.49. The average molecular weight is 607 g/mol. The summed E-state index contributed by atoms with van der Waals surface area (Å²) in [5, 5.41) is 9.12. The summed E-state index contributed by atoms with van der Waals surface area (Å²) >= 11 is 0. The van der Waals surface area contributed by atoms with Crippen LogP contribution in [0.15, 0.2) is 0 Å². The standard InChI is InChI=1S/C29H47N2P2.C5H5.Fe/c1-27(2,3)20-15-23(28(17-32)21-11-18-10-19(13-21)14-22(28)12-18)24(16-20)29(33,25-6-4-8-30-25)26-7-5-9-31-26;1-2-4-5-3-1;/h15-16,18-19,21-22,25-26,30-31H,4-14,17,32-33H2,1-3H3;1-5H;. The van der Waals surface area contributed by atoms with Gasteiger partial charge in [0.15, 0.2) is 0 Å². The monoisotopic (exact) mass is 606 g/mol. The van der Waals surface area contributed by atoms with Crippen LogP contribution in [0.4, 0.5) is 0 Å². The normalized spacial score (nSPS) is 88.6. The Bertz CT molecular complexity index is 1720. The molecule has 12 aliphatic heterocycles. The van der Waals surface area contributed by atoms with Gasteiger partial charge in [0.2, 0.25) is 0 Å². The molecule has 4 aliphatic carbocycles. The van der Waals surface area contributed by atoms with Crippen molar-refractivity contribution in [1.29, 1.82) is 0 Å². The van der Waals surface area contributed by atoms with E-state index in [-0.39, 0.29) is 0 Å². The zero-order valence-electron chi connectivity index (χ0n) is 24.5. The van der Waals surface area contributed by atoms with Crippen molar-refractivity contribution in [2.45, 2.75) is 142 Å². The van der Waals surface area contributed by atoms with Gasteiger partial charge in [-0.2, -0.15) is 0 Å². The Morgan fingerprint density at radius 2 is 1.28 bits per heavy atom. The minimum absolute atomic E-state index is 0.462. The molecule has 0 aromatic heterocycles. The van der Waals surface area contributed by atoms with Gasteiger partial charge in [-0.3, -0.25) is 0 Å². The van der Waals surface area contributed by atoms with Gasteiger partial charge in [0.25, 0.3) is 0 Å². The molecular weight excluding hydrogens is 554 g/mol. The summed E-state index contributed by atoms with van der Waals surface area (Å²) in [6.07, 6.45) is 15.6. The average Bonchev–Trinajstić information content (AvgIpc) is 3.72. The first-order valence-electron chi connectivity index (χ1n) is 17.7. The minimum atomic E-state index is -4.08. The van der Waals surface area contributed by atoms with Gasteiger partial charge in [0, 0.05) is 0 Å². The first-order valence-corrected chi connectivity index (χ1v) is 25.2. The molecule has 39 heavy (non-hydrogen) atoms. The summed E-state index contributed by atoms with van der Waals surface area (Å²) in [5.74, 6) is 4.46. The topological polar surface area (TPSA) is 24.1 Å². The van der Waals surface area contributed by atoms with E-state index < -0.39 is 6.51 Å². The van der Waals surface area contributed by atoms with E-state index in [1.54, 1.807) is 32.1 Å². The number of fused-ring (bicyclic) bond motifs is 11. The van der Waals surface area contributed by atoms with E-state index in [4.69, 9.17) is 0 Å². The third-order valence-electron chi connectivity index (χ3n) is 25.6. The molecule has 16 aliphatic rings. The van der Waals surface area contributed by atoms with Crippen molar-refractivity contribution in [3.63, 3.8) is 0 Å². The van der Waals surface area contributed by atoms with E-state index in [0.717, 1.165) is 54.1 Å². The SMILES string of the molecule is CC(C)(C)[C]12[CH]3[C]4(C(P)(C5CCCN5)C5CCCN5)[C]5(C6(CP)C7CC8CC(C7)CC6C8)[CH]1[Fe]32451678[CH]2[CH]1[CH]6[CH]7[CH]28. The molecule has 4 bridgehead atoms. The molecule has 1 spiro atoms. The van der Waals surface area contributed by atoms with Gasteiger partial charge in [0.1, 0.15) is 0 Å². The van der Waals surface area contributed by atoms with Gasteiger partial charge in [0.05, 0.1) is 0 Å². The maximum absolute atomic E-state index is 4.33. The van der Waals surface area contributed by atoms with Gasteiger partial charge in [-0.25, -0.2) is 0 Å². The fraction of sp³-hybridized carbons (Fsp3) is 1.00. The molecule has 9 unspecified atom stereocenters. The van der Waals surface area contributed by atoms with Crippen LogP contribution < -0.4 is 10.6 Å². The van der Waals surface area contributed by atoms with Crippen LogP contribution in [0, 0.1) is 34.5 Å². The molecule has 2 N–H and O–H groups in total. The van der Waals surface area contributed by atoms with E-state index in [2.05, 4.69) is 49.9 Å². The molecule has 12 saturated heterocycles. The van der Waals surface area contributed by atoms with Gasteiger partial charge in [-0.1, -0.05) is 0 Å². The zero-order valence-corrected chi connectivity index (χ0v) is 27.9. The van der Waals surface area contributed by atoms with Crippen LogP contribution in [-0.4, -0.2) is 36.5 Å². The number of rotatable bonds is 5. The Balaban J connectivity index is 1.13. The van der Waals surface area contributed by atoms with Crippen LogP contribution in [0.1, 0.15) is 78.6 Å². The van der Waals surface area contributed by atoms with Crippen molar-refractivity contribution in [3.05, 3.63) is 0 Å². The van der Waals surface area contributed by atoms with Crippen LogP contribution in [0.3, 0.4) is 0 Å². The summed E-state index contributed by atoms with van der Waals surface area (Å²) < 4.78 is 2.65. The predicted octanol–water partition coefficient (Wildman–Crippen LogP) is 7.97. The maximum atomic E-state index is 4.33. The van der Waals surface area contributed by atoms with Crippen molar-refractivity contribution in [3.8, 4) is 0 Å². The first-order chi connectivity index (χ1) is 18.5. The molecule has 12 heterocycles. The van der Waals surface area contributed by atoms with E-state index in [1.165, 1.54) is 78.6 Å². The molecule has 0 aromatic carbocycles. The van der Waals surface area contributed by atoms with E-state index in [9.17, 15) is 0 Å². The third-order valence-corrected chi connectivity index (χ3v) is 71.9. The van der Waals surface area contributed by atoms with E-state index in [1.807, 2.05) is 0 Å². The quantitative estimate of drug-likeness (QED) is 0.245. The first kappa shape index (κ1) is 21.1. The van der Waals surface area contributed by atoms with Crippen molar-refractivity contribution < 1.29 is 6.51 Å². The van der Waals surface area contributed by atoms with Gasteiger partial charge >= 0.3 is 232 Å². The van der Waals surface area contributed by atoms with Gasteiger partial charge < -0.3 is 0 Å². The molecule has 5 heteroatoms. The summed E-state index contributed by atoms with van der Waals surface area (Å²) in [7, 11) is 7.58. The van der Waals surface area contributed by atoms with Crippen LogP contribution >= 0.6 is 18.5 Å². The third kappa shape index (κ3) is 0.504. The predicted molar refractivity (Wildman–Crippen MR) is 162 cm³/mol. The Hall–Kier alpha value is 1.30. The Morgan fingerprint density at radius 1 is 0.769 bits per heavy atom. The molecular formula is C34H52FeN2P2. The van der Waals surface area contributed by atoms with Crippen molar-refractivity contribution >= 4 is 18.5 Å². The number of nitrogens with one attached hydrogen (secondary N) is 2.